The maximum Gasteiger partial charge on any atom is 0.240 e. The highest BCUT2D eigenvalue weighted by Crippen LogP contribution is 2.48. The van der Waals surface area contributed by atoms with Crippen molar-refractivity contribution in [1.29, 1.82) is 0 Å². The molecule has 2 N–H and O–H groups in total. The summed E-state index contributed by atoms with van der Waals surface area (Å²) in [5, 5.41) is 6.20. The normalized spacial score (nSPS) is 14.4. The van der Waals surface area contributed by atoms with Crippen LogP contribution in [0.15, 0.2) is 42.5 Å². The summed E-state index contributed by atoms with van der Waals surface area (Å²) in [7, 11) is 0. The van der Waals surface area contributed by atoms with Crippen molar-refractivity contribution in [2.75, 3.05) is 10.6 Å². The monoisotopic (exact) mass is 390 g/mol. The van der Waals surface area contributed by atoms with Gasteiger partial charge in [0.1, 0.15) is 5.41 Å². The van der Waals surface area contributed by atoms with Crippen molar-refractivity contribution >= 4 is 52.2 Å². The molecule has 5 nitrogen and oxygen atoms in total. The number of hydrogen-bond donors (Lipinski definition) is 2. The molecule has 0 saturated heterocycles. The summed E-state index contributed by atoms with van der Waals surface area (Å²) in [6.07, 6.45) is 0.906. The largest absolute Gasteiger partial charge is 0.325 e. The van der Waals surface area contributed by atoms with Gasteiger partial charge in [-0.3, -0.25) is 14.4 Å². The quantitative estimate of drug-likeness (QED) is 0.580. The van der Waals surface area contributed by atoms with Crippen LogP contribution in [0, 0.1) is 5.41 Å². The number of anilines is 2. The summed E-state index contributed by atoms with van der Waals surface area (Å²) >= 11 is 12.0. The Labute approximate surface area is 160 Å². The second kappa shape index (κ2) is 7.09. The zero-order valence-electron chi connectivity index (χ0n) is 13.9. The summed E-state index contributed by atoms with van der Waals surface area (Å²) in [6.45, 7) is 1.47. The lowest BCUT2D eigenvalue weighted by molar-refractivity contribution is -0.131. The number of Topliss-reactive ketones (excluding diaryl/α,β-unsaturated/α-hetero) is 1. The molecule has 3 rings (SSSR count). The number of nitrogens with one attached hydrogen (secondary N) is 2. The molecule has 0 aromatic heterocycles. The molecule has 2 aromatic rings. The lowest BCUT2D eigenvalue weighted by Crippen LogP contribution is -2.35. The van der Waals surface area contributed by atoms with E-state index in [1.165, 1.54) is 13.0 Å². The number of rotatable bonds is 5. The summed E-state index contributed by atoms with van der Waals surface area (Å²) in [5.74, 6) is -0.859. The van der Waals surface area contributed by atoms with Crippen LogP contribution in [0.2, 0.25) is 10.0 Å². The highest BCUT2D eigenvalue weighted by Gasteiger charge is 2.56. The van der Waals surface area contributed by atoms with E-state index >= 15 is 0 Å². The number of carbonyl (C=O) groups is 3. The Balaban J connectivity index is 1.71. The molecule has 2 amide bonds. The average molecular weight is 391 g/mol. The second-order valence-corrected chi connectivity index (χ2v) is 7.09. The van der Waals surface area contributed by atoms with E-state index in [2.05, 4.69) is 10.6 Å². The van der Waals surface area contributed by atoms with Gasteiger partial charge in [-0.25, -0.2) is 0 Å². The Hall–Kier alpha value is -2.37. The van der Waals surface area contributed by atoms with Gasteiger partial charge in [0.2, 0.25) is 11.8 Å². The Morgan fingerprint density at radius 2 is 1.54 bits per heavy atom. The minimum atomic E-state index is -1.12. The minimum Gasteiger partial charge on any atom is -0.325 e. The molecule has 0 atom stereocenters. The molecule has 1 fully saturated rings. The predicted octanol–water partition coefficient (Wildman–Crippen LogP) is 4.55. The zero-order chi connectivity index (χ0) is 18.9. The van der Waals surface area contributed by atoms with E-state index in [4.69, 9.17) is 23.2 Å². The van der Waals surface area contributed by atoms with Crippen LogP contribution in [0.1, 0.15) is 30.1 Å². The van der Waals surface area contributed by atoms with Crippen LogP contribution in [0.25, 0.3) is 0 Å². The number of benzene rings is 2. The van der Waals surface area contributed by atoms with Crippen molar-refractivity contribution in [2.24, 2.45) is 5.41 Å². The van der Waals surface area contributed by atoms with E-state index in [-0.39, 0.29) is 11.7 Å². The Bertz CT molecular complexity index is 890. The SMILES string of the molecule is CC(=O)c1ccc(NC(=O)C2(C(=O)Nc3cc(Cl)ccc3Cl)CC2)cc1. The van der Waals surface area contributed by atoms with Crippen molar-refractivity contribution < 1.29 is 14.4 Å². The van der Waals surface area contributed by atoms with Crippen molar-refractivity contribution in [3.05, 3.63) is 58.1 Å². The lowest BCUT2D eigenvalue weighted by Gasteiger charge is -2.16. The molecule has 0 bridgehead atoms. The van der Waals surface area contributed by atoms with E-state index in [0.717, 1.165) is 0 Å². The molecule has 26 heavy (non-hydrogen) atoms. The molecule has 2 aromatic carbocycles. The molecular formula is C19H16Cl2N2O3. The highest BCUT2D eigenvalue weighted by atomic mass is 35.5. The van der Waals surface area contributed by atoms with Gasteiger partial charge in [0.15, 0.2) is 5.78 Å². The first kappa shape index (κ1) is 18.4. The van der Waals surface area contributed by atoms with Gasteiger partial charge in [-0.15, -0.1) is 0 Å². The molecule has 0 unspecified atom stereocenters. The fraction of sp³-hybridized carbons (Fsp3) is 0.211. The number of carbonyl (C=O) groups excluding carboxylic acids is 3. The molecule has 0 spiro atoms. The Morgan fingerprint density at radius 3 is 2.12 bits per heavy atom. The van der Waals surface area contributed by atoms with Crippen molar-refractivity contribution in [2.45, 2.75) is 19.8 Å². The molecule has 7 heteroatoms. The lowest BCUT2D eigenvalue weighted by atomic mass is 10.0. The van der Waals surface area contributed by atoms with Crippen molar-refractivity contribution in [3.63, 3.8) is 0 Å². The van der Waals surface area contributed by atoms with Gasteiger partial charge in [-0.05, 0) is 62.2 Å². The molecule has 134 valence electrons. The molecule has 1 saturated carbocycles. The zero-order valence-corrected chi connectivity index (χ0v) is 15.4. The first-order chi connectivity index (χ1) is 12.3. The fourth-order valence-corrected chi connectivity index (χ4v) is 2.89. The van der Waals surface area contributed by atoms with Crippen LogP contribution in [-0.4, -0.2) is 17.6 Å². The fourth-order valence-electron chi connectivity index (χ4n) is 2.56. The standard InChI is InChI=1S/C19H16Cl2N2O3/c1-11(24)12-2-5-14(6-3-12)22-17(25)19(8-9-19)18(26)23-16-10-13(20)4-7-15(16)21/h2-7,10H,8-9H2,1H3,(H,22,25)(H,23,26). The first-order valence-electron chi connectivity index (χ1n) is 8.01. The van der Waals surface area contributed by atoms with Crippen LogP contribution in [0.5, 0.6) is 0 Å². The van der Waals surface area contributed by atoms with Gasteiger partial charge in [-0.1, -0.05) is 23.2 Å². The third-order valence-electron chi connectivity index (χ3n) is 4.35. The van der Waals surface area contributed by atoms with Crippen LogP contribution >= 0.6 is 23.2 Å². The van der Waals surface area contributed by atoms with Gasteiger partial charge in [0.25, 0.3) is 0 Å². The number of halogens is 2. The Morgan fingerprint density at radius 1 is 0.923 bits per heavy atom. The van der Waals surface area contributed by atoms with Crippen LogP contribution in [-0.2, 0) is 9.59 Å². The van der Waals surface area contributed by atoms with E-state index < -0.39 is 11.3 Å². The molecule has 1 aliphatic rings. The van der Waals surface area contributed by atoms with Crippen molar-refractivity contribution in [3.8, 4) is 0 Å². The summed E-state index contributed by atoms with van der Waals surface area (Å²) in [6, 6.07) is 11.3. The third-order valence-corrected chi connectivity index (χ3v) is 4.91. The van der Waals surface area contributed by atoms with Crippen LogP contribution in [0.3, 0.4) is 0 Å². The van der Waals surface area contributed by atoms with E-state index in [1.54, 1.807) is 36.4 Å². The van der Waals surface area contributed by atoms with Crippen LogP contribution < -0.4 is 10.6 Å². The van der Waals surface area contributed by atoms with Crippen LogP contribution in [0.4, 0.5) is 11.4 Å². The smallest absolute Gasteiger partial charge is 0.240 e. The average Bonchev–Trinajstić information content (AvgIpc) is 3.40. The van der Waals surface area contributed by atoms with Gasteiger partial charge < -0.3 is 10.6 Å². The minimum absolute atomic E-state index is 0.0562. The predicted molar refractivity (Wildman–Crippen MR) is 102 cm³/mol. The van der Waals surface area contributed by atoms with Gasteiger partial charge in [0, 0.05) is 16.3 Å². The van der Waals surface area contributed by atoms with Gasteiger partial charge in [0.05, 0.1) is 10.7 Å². The maximum atomic E-state index is 12.6. The number of hydrogen-bond acceptors (Lipinski definition) is 3. The molecule has 1 aliphatic carbocycles. The maximum absolute atomic E-state index is 12.6. The topological polar surface area (TPSA) is 75.3 Å². The van der Waals surface area contributed by atoms with Gasteiger partial charge >= 0.3 is 0 Å². The van der Waals surface area contributed by atoms with Gasteiger partial charge in [-0.2, -0.15) is 0 Å². The molecule has 0 heterocycles. The van der Waals surface area contributed by atoms with E-state index in [1.807, 2.05) is 0 Å². The highest BCUT2D eigenvalue weighted by molar-refractivity contribution is 6.36. The summed E-state index contributed by atoms with van der Waals surface area (Å²) in [4.78, 5) is 36.5. The second-order valence-electron chi connectivity index (χ2n) is 6.25. The van der Waals surface area contributed by atoms with E-state index in [9.17, 15) is 14.4 Å². The van der Waals surface area contributed by atoms with Crippen molar-refractivity contribution in [1.82, 2.24) is 0 Å². The first-order valence-corrected chi connectivity index (χ1v) is 8.76. The van der Waals surface area contributed by atoms with E-state index in [0.29, 0.717) is 39.8 Å². The molecule has 0 radical (unpaired) electrons. The molecular weight excluding hydrogens is 375 g/mol. The Kier molecular flexibility index (Phi) is 5.03. The summed E-state index contributed by atoms with van der Waals surface area (Å²) < 4.78 is 0. The third kappa shape index (κ3) is 3.74. The number of ketones is 1. The number of amides is 2. The molecule has 0 aliphatic heterocycles. The summed E-state index contributed by atoms with van der Waals surface area (Å²) in [5.41, 5.74) is 0.330.